The molecule has 1 fully saturated rings. The molecule has 0 radical (unpaired) electrons. The molecular weight excluding hydrogens is 190 g/mol. The van der Waals surface area contributed by atoms with Crippen LogP contribution < -0.4 is 0 Å². The van der Waals surface area contributed by atoms with Crippen LogP contribution in [0, 0.1) is 5.92 Å². The molecule has 2 unspecified atom stereocenters. The normalized spacial score (nSPS) is 24.3. The molecule has 0 aromatic rings. The minimum atomic E-state index is -0.207. The highest BCUT2D eigenvalue weighted by Crippen LogP contribution is 2.17. The highest BCUT2D eigenvalue weighted by atomic mass is 16.3. The van der Waals surface area contributed by atoms with Crippen LogP contribution in [-0.2, 0) is 4.79 Å². The van der Waals surface area contributed by atoms with Gasteiger partial charge >= 0.3 is 0 Å². The first kappa shape index (κ1) is 12.5. The molecule has 0 saturated carbocycles. The van der Waals surface area contributed by atoms with Crippen LogP contribution in [0.4, 0.5) is 0 Å². The van der Waals surface area contributed by atoms with Crippen molar-refractivity contribution in [3.8, 4) is 0 Å². The van der Waals surface area contributed by atoms with Crippen LogP contribution in [-0.4, -0.2) is 35.1 Å². The highest BCUT2D eigenvalue weighted by Gasteiger charge is 2.24. The lowest BCUT2D eigenvalue weighted by Gasteiger charge is -2.30. The second-order valence-corrected chi connectivity index (χ2v) is 4.71. The molecule has 1 heterocycles. The van der Waals surface area contributed by atoms with Crippen molar-refractivity contribution in [1.29, 1.82) is 0 Å². The Labute approximate surface area is 92.5 Å². The largest absolute Gasteiger partial charge is 0.393 e. The summed E-state index contributed by atoms with van der Waals surface area (Å²) in [6.07, 6.45) is 4.85. The highest BCUT2D eigenvalue weighted by molar-refractivity contribution is 5.79. The van der Waals surface area contributed by atoms with Crippen molar-refractivity contribution in [3.63, 3.8) is 0 Å². The minimum absolute atomic E-state index is 0.207. The summed E-state index contributed by atoms with van der Waals surface area (Å²) in [7, 11) is 0. The molecule has 15 heavy (non-hydrogen) atoms. The van der Waals surface area contributed by atoms with Gasteiger partial charge in [0.1, 0.15) is 0 Å². The number of unbranched alkanes of at least 4 members (excludes halogenated alkanes) is 1. The topological polar surface area (TPSA) is 40.5 Å². The molecule has 2 atom stereocenters. The number of aliphatic hydroxyl groups is 1. The first-order valence-corrected chi connectivity index (χ1v) is 6.08. The monoisotopic (exact) mass is 213 g/mol. The molecule has 1 rings (SSSR count). The smallest absolute Gasteiger partial charge is 0.225 e. The number of hydrogen-bond acceptors (Lipinski definition) is 2. The van der Waals surface area contributed by atoms with Crippen molar-refractivity contribution in [1.82, 2.24) is 4.90 Å². The third-order valence-electron chi connectivity index (χ3n) is 3.10. The van der Waals surface area contributed by atoms with Gasteiger partial charge in [-0.25, -0.2) is 0 Å². The number of rotatable bonds is 5. The van der Waals surface area contributed by atoms with Crippen LogP contribution in [0.5, 0.6) is 0 Å². The predicted molar refractivity (Wildman–Crippen MR) is 60.5 cm³/mol. The molecular formula is C12H23NO2. The fourth-order valence-electron chi connectivity index (χ4n) is 2.10. The van der Waals surface area contributed by atoms with Crippen LogP contribution in [0.3, 0.4) is 0 Å². The lowest BCUT2D eigenvalue weighted by atomic mass is 9.99. The van der Waals surface area contributed by atoms with Crippen LogP contribution >= 0.6 is 0 Å². The van der Waals surface area contributed by atoms with E-state index < -0.39 is 0 Å². The van der Waals surface area contributed by atoms with E-state index in [1.807, 2.05) is 18.7 Å². The zero-order valence-electron chi connectivity index (χ0n) is 9.91. The molecule has 0 aliphatic carbocycles. The van der Waals surface area contributed by atoms with E-state index in [0.29, 0.717) is 5.91 Å². The number of hydrogen-bond donors (Lipinski definition) is 1. The first-order chi connectivity index (χ1) is 7.11. The summed E-state index contributed by atoms with van der Waals surface area (Å²) >= 11 is 0. The number of piperidine rings is 1. The van der Waals surface area contributed by atoms with E-state index in [1.165, 1.54) is 0 Å². The number of carbonyl (C=O) groups is 1. The van der Waals surface area contributed by atoms with E-state index in [1.54, 1.807) is 0 Å². The van der Waals surface area contributed by atoms with E-state index in [2.05, 4.69) is 0 Å². The second kappa shape index (κ2) is 6.11. The molecule has 88 valence electrons. The molecule has 0 spiro atoms. The number of nitrogens with zero attached hydrogens (tertiary/aromatic N) is 1. The summed E-state index contributed by atoms with van der Waals surface area (Å²) in [5.41, 5.74) is 0. The molecule has 1 saturated heterocycles. The van der Waals surface area contributed by atoms with Gasteiger partial charge in [0.25, 0.3) is 0 Å². The molecule has 3 nitrogen and oxygen atoms in total. The van der Waals surface area contributed by atoms with Crippen molar-refractivity contribution < 1.29 is 9.90 Å². The van der Waals surface area contributed by atoms with Crippen molar-refractivity contribution in [2.75, 3.05) is 13.1 Å². The van der Waals surface area contributed by atoms with Crippen molar-refractivity contribution in [3.05, 3.63) is 0 Å². The fourth-order valence-corrected chi connectivity index (χ4v) is 2.10. The van der Waals surface area contributed by atoms with Crippen molar-refractivity contribution >= 4 is 5.91 Å². The number of carbonyl (C=O) groups excluding carboxylic acids is 1. The third kappa shape index (κ3) is 4.20. The summed E-state index contributed by atoms with van der Waals surface area (Å²) in [6.45, 7) is 5.63. The van der Waals surface area contributed by atoms with Gasteiger partial charge in [0, 0.05) is 19.0 Å². The van der Waals surface area contributed by atoms with Gasteiger partial charge in [0.2, 0.25) is 5.91 Å². The van der Waals surface area contributed by atoms with Gasteiger partial charge in [-0.15, -0.1) is 0 Å². The Morgan fingerprint density at radius 3 is 2.93 bits per heavy atom. The van der Waals surface area contributed by atoms with Crippen molar-refractivity contribution in [2.24, 2.45) is 5.92 Å². The number of likely N-dealkylation sites (tertiary alicyclic amines) is 1. The van der Waals surface area contributed by atoms with E-state index >= 15 is 0 Å². The van der Waals surface area contributed by atoms with E-state index in [4.69, 9.17) is 5.11 Å². The number of amides is 1. The van der Waals surface area contributed by atoms with Gasteiger partial charge in [0.15, 0.2) is 0 Å². The molecule has 3 heteroatoms. The van der Waals surface area contributed by atoms with Gasteiger partial charge < -0.3 is 10.0 Å². The molecule has 0 bridgehead atoms. The molecule has 0 aromatic heterocycles. The minimum Gasteiger partial charge on any atom is -0.393 e. The molecule has 1 aliphatic heterocycles. The Balaban J connectivity index is 2.17. The molecule has 1 N–H and O–H groups in total. The molecule has 1 amide bonds. The Morgan fingerprint density at radius 2 is 2.27 bits per heavy atom. The third-order valence-corrected chi connectivity index (χ3v) is 3.10. The predicted octanol–water partition coefficient (Wildman–Crippen LogP) is 1.80. The summed E-state index contributed by atoms with van der Waals surface area (Å²) in [5.74, 6) is 0.536. The maximum absolute atomic E-state index is 11.7. The maximum atomic E-state index is 11.7. The van der Waals surface area contributed by atoms with Gasteiger partial charge in [-0.05, 0) is 39.0 Å². The average molecular weight is 213 g/mol. The Bertz CT molecular complexity index is 204. The van der Waals surface area contributed by atoms with Gasteiger partial charge in [-0.1, -0.05) is 6.92 Å². The van der Waals surface area contributed by atoms with E-state index in [9.17, 15) is 4.79 Å². The number of aliphatic hydroxyl groups excluding tert-OH is 1. The zero-order chi connectivity index (χ0) is 11.3. The van der Waals surface area contributed by atoms with E-state index in [-0.39, 0.29) is 12.0 Å². The fraction of sp³-hybridized carbons (Fsp3) is 0.917. The lowest BCUT2D eigenvalue weighted by Crippen LogP contribution is -2.40. The summed E-state index contributed by atoms with van der Waals surface area (Å²) in [6, 6.07) is 0. The SMILES string of the molecule is CC(O)CCCCN1CCCC(C)C1=O. The van der Waals surface area contributed by atoms with Crippen LogP contribution in [0.1, 0.15) is 46.0 Å². The Hall–Kier alpha value is -0.570. The average Bonchev–Trinajstić information content (AvgIpc) is 2.18. The van der Waals surface area contributed by atoms with E-state index in [0.717, 1.165) is 45.2 Å². The van der Waals surface area contributed by atoms with Crippen molar-refractivity contribution in [2.45, 2.75) is 52.1 Å². The molecule has 1 aliphatic rings. The standard InChI is InChI=1S/C12H23NO2/c1-10-6-5-9-13(12(10)15)8-4-3-7-11(2)14/h10-11,14H,3-9H2,1-2H3. The van der Waals surface area contributed by atoms with Gasteiger partial charge in [0.05, 0.1) is 6.10 Å². The van der Waals surface area contributed by atoms with Gasteiger partial charge in [-0.3, -0.25) is 4.79 Å². The lowest BCUT2D eigenvalue weighted by molar-refractivity contribution is -0.137. The summed E-state index contributed by atoms with van der Waals surface area (Å²) < 4.78 is 0. The van der Waals surface area contributed by atoms with Crippen LogP contribution in [0.15, 0.2) is 0 Å². The zero-order valence-corrected chi connectivity index (χ0v) is 9.91. The first-order valence-electron chi connectivity index (χ1n) is 6.08. The second-order valence-electron chi connectivity index (χ2n) is 4.71. The van der Waals surface area contributed by atoms with Gasteiger partial charge in [-0.2, -0.15) is 0 Å². The Kier molecular flexibility index (Phi) is 5.09. The maximum Gasteiger partial charge on any atom is 0.225 e. The molecule has 0 aromatic carbocycles. The Morgan fingerprint density at radius 1 is 1.53 bits per heavy atom. The van der Waals surface area contributed by atoms with Crippen LogP contribution in [0.25, 0.3) is 0 Å². The van der Waals surface area contributed by atoms with Crippen LogP contribution in [0.2, 0.25) is 0 Å². The summed E-state index contributed by atoms with van der Waals surface area (Å²) in [4.78, 5) is 13.7. The quantitative estimate of drug-likeness (QED) is 0.707. The summed E-state index contributed by atoms with van der Waals surface area (Å²) in [5, 5.41) is 9.10.